The molecule has 0 heterocycles. The summed E-state index contributed by atoms with van der Waals surface area (Å²) < 4.78 is 0. The van der Waals surface area contributed by atoms with Gasteiger partial charge in [0.25, 0.3) is 0 Å². The molecule has 4 fully saturated rings. The van der Waals surface area contributed by atoms with Crippen molar-refractivity contribution in [3.63, 3.8) is 0 Å². The number of aliphatic hydroxyl groups excluding tert-OH is 3. The second-order valence-corrected chi connectivity index (χ2v) is 6.00. The minimum absolute atomic E-state index is 0.318. The first kappa shape index (κ1) is 8.97. The van der Waals surface area contributed by atoms with Crippen molar-refractivity contribution >= 4 is 0 Å². The zero-order chi connectivity index (χ0) is 10.3. The monoisotopic (exact) mass is 210 g/mol. The van der Waals surface area contributed by atoms with E-state index in [1.165, 1.54) is 0 Å². The largest absolute Gasteiger partial charge is 0.396 e. The minimum atomic E-state index is 0.318. The van der Waals surface area contributed by atoms with Gasteiger partial charge in [0.2, 0.25) is 0 Å². The summed E-state index contributed by atoms with van der Waals surface area (Å²) in [7, 11) is 0. The lowest BCUT2D eigenvalue weighted by Crippen LogP contribution is -2.00. The second kappa shape index (κ2) is 2.58. The van der Waals surface area contributed by atoms with Gasteiger partial charge < -0.3 is 15.3 Å². The Hall–Kier alpha value is -0.120. The number of hydrogen-bond acceptors (Lipinski definition) is 3. The molecule has 0 radical (unpaired) electrons. The summed E-state index contributed by atoms with van der Waals surface area (Å²) in [6.07, 6.45) is 0. The summed E-state index contributed by atoms with van der Waals surface area (Å²) in [6, 6.07) is 0. The molecular formula is C12H18O3. The fourth-order valence-electron chi connectivity index (χ4n) is 5.27. The Labute approximate surface area is 89.1 Å². The van der Waals surface area contributed by atoms with Crippen LogP contribution in [0.4, 0.5) is 0 Å². The number of fused-ring (bicyclic) bond motifs is 6. The zero-order valence-corrected chi connectivity index (χ0v) is 8.66. The van der Waals surface area contributed by atoms with Crippen molar-refractivity contribution < 1.29 is 15.3 Å². The van der Waals surface area contributed by atoms with Crippen LogP contribution < -0.4 is 0 Å². The molecule has 0 unspecified atom stereocenters. The van der Waals surface area contributed by atoms with Gasteiger partial charge in [0.1, 0.15) is 0 Å². The molecule has 3 heteroatoms. The smallest absolute Gasteiger partial charge is 0.0464 e. The van der Waals surface area contributed by atoms with Crippen LogP contribution in [0.25, 0.3) is 0 Å². The molecule has 4 saturated carbocycles. The van der Waals surface area contributed by atoms with Crippen molar-refractivity contribution in [2.75, 3.05) is 19.8 Å². The Morgan fingerprint density at radius 3 is 0.800 bits per heavy atom. The molecule has 0 bridgehead atoms. The van der Waals surface area contributed by atoms with Gasteiger partial charge >= 0.3 is 0 Å². The van der Waals surface area contributed by atoms with Crippen molar-refractivity contribution in [1.82, 2.24) is 0 Å². The molecule has 0 aliphatic heterocycles. The maximum absolute atomic E-state index is 9.30. The van der Waals surface area contributed by atoms with Gasteiger partial charge in [0, 0.05) is 19.8 Å². The van der Waals surface area contributed by atoms with E-state index in [0.29, 0.717) is 73.1 Å². The van der Waals surface area contributed by atoms with E-state index in [4.69, 9.17) is 0 Å². The molecular weight excluding hydrogens is 192 g/mol. The maximum atomic E-state index is 9.30. The summed E-state index contributed by atoms with van der Waals surface area (Å²) in [5.41, 5.74) is 0. The topological polar surface area (TPSA) is 60.7 Å². The highest BCUT2D eigenvalue weighted by molar-refractivity contribution is 5.27. The fraction of sp³-hybridized carbons (Fsp3) is 1.00. The Morgan fingerprint density at radius 1 is 0.467 bits per heavy atom. The quantitative estimate of drug-likeness (QED) is 0.592. The molecule has 4 aliphatic carbocycles. The van der Waals surface area contributed by atoms with Crippen LogP contribution in [-0.2, 0) is 0 Å². The highest BCUT2D eigenvalue weighted by Gasteiger charge is 2.81. The van der Waals surface area contributed by atoms with Crippen LogP contribution in [-0.4, -0.2) is 35.1 Å². The van der Waals surface area contributed by atoms with E-state index >= 15 is 0 Å². The van der Waals surface area contributed by atoms with Crippen molar-refractivity contribution in [3.8, 4) is 0 Å². The van der Waals surface area contributed by atoms with Crippen LogP contribution in [0.1, 0.15) is 0 Å². The lowest BCUT2D eigenvalue weighted by molar-refractivity contribution is 0.247. The summed E-state index contributed by atoms with van der Waals surface area (Å²) in [4.78, 5) is 0. The standard InChI is InChI=1S/C12H18O3/c13-1-4-7-8(4)10-6(3-15)12(10)11-5(2-14)9(7)11/h4-15H,1-3H2. The van der Waals surface area contributed by atoms with Gasteiger partial charge in [-0.2, -0.15) is 0 Å². The van der Waals surface area contributed by atoms with Gasteiger partial charge in [-0.15, -0.1) is 0 Å². The lowest BCUT2D eigenvalue weighted by Gasteiger charge is -2.03. The van der Waals surface area contributed by atoms with E-state index in [1.807, 2.05) is 0 Å². The van der Waals surface area contributed by atoms with E-state index in [2.05, 4.69) is 0 Å². The first-order valence-corrected chi connectivity index (χ1v) is 6.17. The van der Waals surface area contributed by atoms with Crippen LogP contribution in [0.2, 0.25) is 0 Å². The third-order valence-corrected chi connectivity index (χ3v) is 5.84. The van der Waals surface area contributed by atoms with E-state index in [0.717, 1.165) is 0 Å². The van der Waals surface area contributed by atoms with Gasteiger partial charge in [-0.3, -0.25) is 0 Å². The Balaban J connectivity index is 1.61. The fourth-order valence-corrected chi connectivity index (χ4v) is 5.27. The second-order valence-electron chi connectivity index (χ2n) is 6.00. The maximum Gasteiger partial charge on any atom is 0.0464 e. The average molecular weight is 210 g/mol. The summed E-state index contributed by atoms with van der Waals surface area (Å²) in [5.74, 6) is 5.64. The van der Waals surface area contributed by atoms with Crippen molar-refractivity contribution in [2.24, 2.45) is 53.3 Å². The molecule has 0 saturated heterocycles. The Kier molecular flexibility index (Phi) is 1.54. The molecule has 3 N–H and O–H groups in total. The van der Waals surface area contributed by atoms with Crippen LogP contribution in [0.3, 0.4) is 0 Å². The Morgan fingerprint density at radius 2 is 0.667 bits per heavy atom. The molecule has 0 amide bonds. The van der Waals surface area contributed by atoms with Gasteiger partial charge in [-0.25, -0.2) is 0 Å². The van der Waals surface area contributed by atoms with Crippen molar-refractivity contribution in [1.29, 1.82) is 0 Å². The van der Waals surface area contributed by atoms with Gasteiger partial charge in [-0.05, 0) is 53.3 Å². The minimum Gasteiger partial charge on any atom is -0.396 e. The highest BCUT2D eigenvalue weighted by Crippen LogP contribution is 2.82. The molecule has 15 heavy (non-hydrogen) atoms. The van der Waals surface area contributed by atoms with Crippen molar-refractivity contribution in [3.05, 3.63) is 0 Å². The molecule has 4 rings (SSSR count). The van der Waals surface area contributed by atoms with E-state index in [9.17, 15) is 15.3 Å². The third kappa shape index (κ3) is 0.855. The molecule has 84 valence electrons. The first-order valence-electron chi connectivity index (χ1n) is 6.17. The molecule has 0 aromatic rings. The first-order chi connectivity index (χ1) is 7.35. The number of aliphatic hydroxyl groups is 3. The van der Waals surface area contributed by atoms with Gasteiger partial charge in [-0.1, -0.05) is 0 Å². The molecule has 0 atom stereocenters. The summed E-state index contributed by atoms with van der Waals surface area (Å²) in [5, 5.41) is 27.9. The van der Waals surface area contributed by atoms with Crippen LogP contribution >= 0.6 is 0 Å². The predicted octanol–water partition coefficient (Wildman–Crippen LogP) is -0.437. The Bertz CT molecular complexity index is 222. The third-order valence-electron chi connectivity index (χ3n) is 5.84. The number of hydrogen-bond donors (Lipinski definition) is 3. The highest BCUT2D eigenvalue weighted by atomic mass is 16.3. The summed E-state index contributed by atoms with van der Waals surface area (Å²) >= 11 is 0. The van der Waals surface area contributed by atoms with Gasteiger partial charge in [0.05, 0.1) is 0 Å². The molecule has 3 nitrogen and oxygen atoms in total. The van der Waals surface area contributed by atoms with Crippen molar-refractivity contribution in [2.45, 2.75) is 0 Å². The van der Waals surface area contributed by atoms with Gasteiger partial charge in [0.15, 0.2) is 0 Å². The average Bonchev–Trinajstić information content (AvgIpc) is 3.11. The molecule has 0 aromatic heterocycles. The summed E-state index contributed by atoms with van der Waals surface area (Å²) in [6.45, 7) is 0.953. The van der Waals surface area contributed by atoms with Crippen LogP contribution in [0.15, 0.2) is 0 Å². The molecule has 0 spiro atoms. The van der Waals surface area contributed by atoms with E-state index < -0.39 is 0 Å². The lowest BCUT2D eigenvalue weighted by atomic mass is 10.0. The number of rotatable bonds is 3. The predicted molar refractivity (Wildman–Crippen MR) is 52.7 cm³/mol. The van der Waals surface area contributed by atoms with Crippen LogP contribution in [0, 0.1) is 53.3 Å². The van der Waals surface area contributed by atoms with E-state index in [-0.39, 0.29) is 0 Å². The zero-order valence-electron chi connectivity index (χ0n) is 8.66. The molecule has 4 aliphatic rings. The van der Waals surface area contributed by atoms with Crippen LogP contribution in [0.5, 0.6) is 0 Å². The SMILES string of the molecule is OCC1C2C3C(CO)C3C3C(CO)C3C12. The molecule has 0 aromatic carbocycles. The normalized spacial score (nSPS) is 67.8. The van der Waals surface area contributed by atoms with E-state index in [1.54, 1.807) is 0 Å².